The van der Waals surface area contributed by atoms with E-state index in [0.717, 1.165) is 10.1 Å². The molecule has 1 saturated heterocycles. The second-order valence-corrected chi connectivity index (χ2v) is 5.33. The lowest BCUT2D eigenvalue weighted by Crippen LogP contribution is -2.52. The van der Waals surface area contributed by atoms with Gasteiger partial charge in [0, 0.05) is 18.0 Å². The lowest BCUT2D eigenvalue weighted by Gasteiger charge is -2.21. The molecule has 3 amide bonds. The number of hydrogen-bond acceptors (Lipinski definition) is 5. The SMILES string of the molecule is O=C1CCC(NC(=O)c2cccc3cnsc23)C(=O)N1. The third kappa shape index (κ3) is 2.27. The van der Waals surface area contributed by atoms with Crippen LogP contribution in [0.2, 0.25) is 0 Å². The number of benzene rings is 1. The van der Waals surface area contributed by atoms with Crippen molar-refractivity contribution in [1.82, 2.24) is 15.0 Å². The quantitative estimate of drug-likeness (QED) is 0.802. The fourth-order valence-corrected chi connectivity index (χ4v) is 2.90. The predicted octanol–water partition coefficient (Wildman–Crippen LogP) is 0.831. The summed E-state index contributed by atoms with van der Waals surface area (Å²) in [6.07, 6.45) is 2.26. The molecule has 0 radical (unpaired) electrons. The second kappa shape index (κ2) is 5.01. The number of amides is 3. The highest BCUT2D eigenvalue weighted by atomic mass is 32.1. The third-order valence-electron chi connectivity index (χ3n) is 3.17. The summed E-state index contributed by atoms with van der Waals surface area (Å²) >= 11 is 1.24. The highest BCUT2D eigenvalue weighted by molar-refractivity contribution is 7.13. The molecule has 1 unspecified atom stereocenters. The summed E-state index contributed by atoms with van der Waals surface area (Å²) in [5.74, 6) is -1.08. The van der Waals surface area contributed by atoms with Gasteiger partial charge in [0.25, 0.3) is 5.91 Å². The lowest BCUT2D eigenvalue weighted by molar-refractivity contribution is -0.134. The van der Waals surface area contributed by atoms with Gasteiger partial charge in [0.05, 0.1) is 10.3 Å². The molecule has 0 aliphatic carbocycles. The van der Waals surface area contributed by atoms with Crippen LogP contribution >= 0.6 is 11.5 Å². The Labute approximate surface area is 118 Å². The molecule has 3 rings (SSSR count). The van der Waals surface area contributed by atoms with E-state index in [9.17, 15) is 14.4 Å². The highest BCUT2D eigenvalue weighted by Crippen LogP contribution is 2.22. The molecule has 20 heavy (non-hydrogen) atoms. The third-order valence-corrected chi connectivity index (χ3v) is 4.02. The number of fused-ring (bicyclic) bond motifs is 1. The summed E-state index contributed by atoms with van der Waals surface area (Å²) < 4.78 is 4.84. The molecular weight excluding hydrogens is 278 g/mol. The first-order valence-electron chi connectivity index (χ1n) is 6.13. The summed E-state index contributed by atoms with van der Waals surface area (Å²) in [6, 6.07) is 4.68. The van der Waals surface area contributed by atoms with Crippen LogP contribution in [0.25, 0.3) is 10.1 Å². The minimum absolute atomic E-state index is 0.238. The van der Waals surface area contributed by atoms with Crippen molar-refractivity contribution >= 4 is 39.3 Å². The van der Waals surface area contributed by atoms with E-state index in [0.29, 0.717) is 12.0 Å². The van der Waals surface area contributed by atoms with Crippen LogP contribution in [0.15, 0.2) is 24.4 Å². The standard InChI is InChI=1S/C13H11N3O3S/c17-10-5-4-9(13(19)16-10)15-12(18)8-3-1-2-7-6-14-20-11(7)8/h1-3,6,9H,4-5H2,(H,15,18)(H,16,17,19). The first-order chi connectivity index (χ1) is 9.65. The zero-order valence-electron chi connectivity index (χ0n) is 10.4. The number of aromatic nitrogens is 1. The van der Waals surface area contributed by atoms with Gasteiger partial charge in [0.15, 0.2) is 0 Å². The molecule has 0 spiro atoms. The van der Waals surface area contributed by atoms with Gasteiger partial charge in [-0.25, -0.2) is 0 Å². The van der Waals surface area contributed by atoms with Gasteiger partial charge in [-0.05, 0) is 24.0 Å². The summed E-state index contributed by atoms with van der Waals surface area (Å²) in [5.41, 5.74) is 0.495. The average Bonchev–Trinajstić information content (AvgIpc) is 2.90. The van der Waals surface area contributed by atoms with Crippen LogP contribution in [0.5, 0.6) is 0 Å². The molecule has 0 saturated carbocycles. The monoisotopic (exact) mass is 289 g/mol. The molecular formula is C13H11N3O3S. The van der Waals surface area contributed by atoms with Crippen LogP contribution in [0, 0.1) is 0 Å². The van der Waals surface area contributed by atoms with Gasteiger partial charge in [0.2, 0.25) is 11.8 Å². The summed E-state index contributed by atoms with van der Waals surface area (Å²) in [5, 5.41) is 5.77. The van der Waals surface area contributed by atoms with Crippen molar-refractivity contribution in [3.63, 3.8) is 0 Å². The van der Waals surface area contributed by atoms with Crippen LogP contribution in [0.3, 0.4) is 0 Å². The van der Waals surface area contributed by atoms with Crippen LogP contribution in [0.1, 0.15) is 23.2 Å². The molecule has 1 aliphatic rings. The Morgan fingerprint density at radius 2 is 2.25 bits per heavy atom. The van der Waals surface area contributed by atoms with Crippen LogP contribution in [-0.2, 0) is 9.59 Å². The average molecular weight is 289 g/mol. The highest BCUT2D eigenvalue weighted by Gasteiger charge is 2.28. The van der Waals surface area contributed by atoms with Crippen LogP contribution in [-0.4, -0.2) is 28.1 Å². The lowest BCUT2D eigenvalue weighted by atomic mass is 10.1. The molecule has 1 atom stereocenters. The minimum Gasteiger partial charge on any atom is -0.340 e. The van der Waals surface area contributed by atoms with Crippen LogP contribution in [0.4, 0.5) is 0 Å². The van der Waals surface area contributed by atoms with Crippen molar-refractivity contribution in [2.24, 2.45) is 0 Å². The van der Waals surface area contributed by atoms with E-state index in [4.69, 9.17) is 0 Å². The Hall–Kier alpha value is -2.28. The van der Waals surface area contributed by atoms with Gasteiger partial charge in [-0.3, -0.25) is 19.7 Å². The van der Waals surface area contributed by atoms with E-state index in [1.165, 1.54) is 11.5 Å². The summed E-state index contributed by atoms with van der Waals surface area (Å²) in [6.45, 7) is 0. The molecule has 1 fully saturated rings. The molecule has 6 nitrogen and oxygen atoms in total. The number of nitrogens with one attached hydrogen (secondary N) is 2. The van der Waals surface area contributed by atoms with Gasteiger partial charge in [-0.1, -0.05) is 12.1 Å². The topological polar surface area (TPSA) is 88.2 Å². The molecule has 2 aromatic rings. The molecule has 2 N–H and O–H groups in total. The first kappa shape index (κ1) is 12.7. The normalized spacial score (nSPS) is 18.9. The largest absolute Gasteiger partial charge is 0.340 e. The van der Waals surface area contributed by atoms with Gasteiger partial charge < -0.3 is 5.32 Å². The predicted molar refractivity (Wildman–Crippen MR) is 73.3 cm³/mol. The zero-order chi connectivity index (χ0) is 14.1. The van der Waals surface area contributed by atoms with E-state index in [1.807, 2.05) is 6.07 Å². The van der Waals surface area contributed by atoms with Crippen molar-refractivity contribution in [2.45, 2.75) is 18.9 Å². The maximum absolute atomic E-state index is 12.3. The van der Waals surface area contributed by atoms with Crippen molar-refractivity contribution in [3.8, 4) is 0 Å². The molecule has 2 heterocycles. The molecule has 7 heteroatoms. The molecule has 0 bridgehead atoms. The number of carbonyl (C=O) groups is 3. The number of nitrogens with zero attached hydrogens (tertiary/aromatic N) is 1. The van der Waals surface area contributed by atoms with E-state index < -0.39 is 11.9 Å². The minimum atomic E-state index is -0.664. The molecule has 1 aliphatic heterocycles. The van der Waals surface area contributed by atoms with E-state index >= 15 is 0 Å². The summed E-state index contributed by atoms with van der Waals surface area (Å²) in [7, 11) is 0. The fraction of sp³-hybridized carbons (Fsp3) is 0.231. The maximum Gasteiger partial charge on any atom is 0.253 e. The van der Waals surface area contributed by atoms with Crippen molar-refractivity contribution in [3.05, 3.63) is 30.0 Å². The molecule has 1 aromatic carbocycles. The maximum atomic E-state index is 12.3. The zero-order valence-corrected chi connectivity index (χ0v) is 11.2. The number of piperidine rings is 1. The molecule has 1 aromatic heterocycles. The Morgan fingerprint density at radius 3 is 3.05 bits per heavy atom. The van der Waals surface area contributed by atoms with Gasteiger partial charge in [-0.2, -0.15) is 4.37 Å². The second-order valence-electron chi connectivity index (χ2n) is 4.53. The van der Waals surface area contributed by atoms with Crippen molar-refractivity contribution in [2.75, 3.05) is 0 Å². The number of hydrogen-bond donors (Lipinski definition) is 2. The van der Waals surface area contributed by atoms with Crippen LogP contribution < -0.4 is 10.6 Å². The number of imide groups is 1. The number of rotatable bonds is 2. The number of carbonyl (C=O) groups excluding carboxylic acids is 3. The summed E-state index contributed by atoms with van der Waals surface area (Å²) in [4.78, 5) is 34.9. The molecule has 102 valence electrons. The van der Waals surface area contributed by atoms with Gasteiger partial charge >= 0.3 is 0 Å². The fourth-order valence-electron chi connectivity index (χ4n) is 2.14. The Balaban J connectivity index is 1.81. The Kier molecular flexibility index (Phi) is 3.19. The van der Waals surface area contributed by atoms with E-state index in [-0.39, 0.29) is 18.2 Å². The smallest absolute Gasteiger partial charge is 0.253 e. The van der Waals surface area contributed by atoms with Crippen molar-refractivity contribution in [1.29, 1.82) is 0 Å². The first-order valence-corrected chi connectivity index (χ1v) is 6.90. The Morgan fingerprint density at radius 1 is 1.40 bits per heavy atom. The van der Waals surface area contributed by atoms with Crippen molar-refractivity contribution < 1.29 is 14.4 Å². The Bertz CT molecular complexity index is 710. The van der Waals surface area contributed by atoms with Gasteiger partial charge in [-0.15, -0.1) is 0 Å². The van der Waals surface area contributed by atoms with E-state index in [1.54, 1.807) is 18.3 Å². The van der Waals surface area contributed by atoms with Gasteiger partial charge in [0.1, 0.15) is 6.04 Å². The van der Waals surface area contributed by atoms with E-state index in [2.05, 4.69) is 15.0 Å².